The van der Waals surface area contributed by atoms with Gasteiger partial charge >= 0.3 is 0 Å². The van der Waals surface area contributed by atoms with Crippen molar-refractivity contribution in [3.63, 3.8) is 0 Å². The lowest BCUT2D eigenvalue weighted by molar-refractivity contribution is 0.0596. The summed E-state index contributed by atoms with van der Waals surface area (Å²) >= 11 is 0. The lowest BCUT2D eigenvalue weighted by Gasteiger charge is -2.47. The van der Waals surface area contributed by atoms with Crippen LogP contribution >= 0.6 is 0 Å². The molecule has 0 amide bonds. The van der Waals surface area contributed by atoms with Gasteiger partial charge in [-0.15, -0.1) is 0 Å². The lowest BCUT2D eigenvalue weighted by Crippen LogP contribution is -2.56. The molecule has 4 nitrogen and oxygen atoms in total. The second-order valence-electron chi connectivity index (χ2n) is 6.15. The second-order valence-corrected chi connectivity index (χ2v) is 6.15. The molecule has 4 heteroatoms. The quantitative estimate of drug-likeness (QED) is 0.905. The zero-order chi connectivity index (χ0) is 14.2. The molecule has 0 bridgehead atoms. The van der Waals surface area contributed by atoms with Crippen molar-refractivity contribution in [2.75, 3.05) is 20.6 Å². The number of hydrogen-bond donors (Lipinski definition) is 1. The minimum atomic E-state index is 0.366. The molecular weight excluding hydrogens is 248 g/mol. The Labute approximate surface area is 120 Å². The van der Waals surface area contributed by atoms with Gasteiger partial charge < -0.3 is 14.8 Å². The Hall–Kier alpha value is -1.39. The Morgan fingerprint density at radius 3 is 2.65 bits per heavy atom. The molecule has 0 unspecified atom stereocenters. The van der Waals surface area contributed by atoms with Crippen molar-refractivity contribution in [3.8, 4) is 0 Å². The zero-order valence-corrected chi connectivity index (χ0v) is 12.7. The summed E-state index contributed by atoms with van der Waals surface area (Å²) in [6.07, 6.45) is 3.96. The first kappa shape index (κ1) is 13.6. The fourth-order valence-corrected chi connectivity index (χ4v) is 3.13. The summed E-state index contributed by atoms with van der Waals surface area (Å²) in [6, 6.07) is 8.31. The third-order valence-electron chi connectivity index (χ3n) is 4.85. The summed E-state index contributed by atoms with van der Waals surface area (Å²) < 4.78 is 2.19. The largest absolute Gasteiger partial charge is 0.330 e. The van der Waals surface area contributed by atoms with Crippen molar-refractivity contribution in [1.82, 2.24) is 19.8 Å². The van der Waals surface area contributed by atoms with E-state index in [0.29, 0.717) is 5.54 Å². The van der Waals surface area contributed by atoms with E-state index in [-0.39, 0.29) is 0 Å². The molecule has 3 rings (SSSR count). The van der Waals surface area contributed by atoms with Gasteiger partial charge in [-0.2, -0.15) is 0 Å². The summed E-state index contributed by atoms with van der Waals surface area (Å²) in [5.74, 6) is 1.11. The molecule has 1 aromatic heterocycles. The van der Waals surface area contributed by atoms with Crippen LogP contribution in [0.4, 0.5) is 0 Å². The van der Waals surface area contributed by atoms with Crippen molar-refractivity contribution in [2.24, 2.45) is 7.05 Å². The van der Waals surface area contributed by atoms with Crippen LogP contribution in [0.5, 0.6) is 0 Å². The summed E-state index contributed by atoms with van der Waals surface area (Å²) in [7, 11) is 6.48. The smallest absolute Gasteiger partial charge is 0.123 e. The standard InChI is InChI=1S/C16H24N4/c1-19(2)16(9-6-10-16)12-17-11-15-18-13-7-4-5-8-14(13)20(15)3/h4-5,7-8,17H,6,9-12H2,1-3H3. The maximum absolute atomic E-state index is 4.71. The fraction of sp³-hybridized carbons (Fsp3) is 0.562. The van der Waals surface area contributed by atoms with Crippen LogP contribution in [0.3, 0.4) is 0 Å². The van der Waals surface area contributed by atoms with Gasteiger partial charge in [0.2, 0.25) is 0 Å². The van der Waals surface area contributed by atoms with E-state index in [4.69, 9.17) is 4.98 Å². The molecule has 2 aromatic rings. The van der Waals surface area contributed by atoms with Crippen LogP contribution in [0.2, 0.25) is 0 Å². The SMILES string of the molecule is CN(C)C1(CNCc2nc3ccccc3n2C)CCC1. The highest BCUT2D eigenvalue weighted by molar-refractivity contribution is 5.75. The van der Waals surface area contributed by atoms with Crippen molar-refractivity contribution < 1.29 is 0 Å². The molecule has 0 atom stereocenters. The van der Waals surface area contributed by atoms with Crippen LogP contribution in [0.25, 0.3) is 11.0 Å². The highest BCUT2D eigenvalue weighted by atomic mass is 15.2. The van der Waals surface area contributed by atoms with Gasteiger partial charge in [0, 0.05) is 19.1 Å². The van der Waals surface area contributed by atoms with E-state index in [9.17, 15) is 0 Å². The van der Waals surface area contributed by atoms with Crippen molar-refractivity contribution in [1.29, 1.82) is 0 Å². The topological polar surface area (TPSA) is 33.1 Å². The molecule has 0 radical (unpaired) electrons. The molecular formula is C16H24N4. The fourth-order valence-electron chi connectivity index (χ4n) is 3.13. The lowest BCUT2D eigenvalue weighted by atomic mass is 9.75. The van der Waals surface area contributed by atoms with Crippen LogP contribution in [-0.2, 0) is 13.6 Å². The molecule has 1 aromatic carbocycles. The molecule has 1 fully saturated rings. The number of likely N-dealkylation sites (N-methyl/N-ethyl adjacent to an activating group) is 1. The molecule has 1 N–H and O–H groups in total. The Morgan fingerprint density at radius 2 is 2.05 bits per heavy atom. The van der Waals surface area contributed by atoms with Crippen LogP contribution in [-0.4, -0.2) is 40.6 Å². The second kappa shape index (κ2) is 5.19. The van der Waals surface area contributed by atoms with E-state index in [2.05, 4.69) is 54.1 Å². The van der Waals surface area contributed by atoms with Crippen LogP contribution in [0.15, 0.2) is 24.3 Å². The van der Waals surface area contributed by atoms with Gasteiger partial charge in [0.05, 0.1) is 17.6 Å². The molecule has 1 heterocycles. The van der Waals surface area contributed by atoms with Gasteiger partial charge in [-0.1, -0.05) is 12.1 Å². The van der Waals surface area contributed by atoms with E-state index >= 15 is 0 Å². The number of aromatic nitrogens is 2. The number of fused-ring (bicyclic) bond motifs is 1. The Balaban J connectivity index is 1.67. The monoisotopic (exact) mass is 272 g/mol. The molecule has 0 aliphatic heterocycles. The van der Waals surface area contributed by atoms with Crippen LogP contribution in [0.1, 0.15) is 25.1 Å². The summed E-state index contributed by atoms with van der Waals surface area (Å²) in [6.45, 7) is 1.88. The minimum absolute atomic E-state index is 0.366. The number of rotatable bonds is 5. The number of nitrogens with zero attached hydrogens (tertiary/aromatic N) is 3. The number of hydrogen-bond acceptors (Lipinski definition) is 3. The number of aryl methyl sites for hydroxylation is 1. The first-order chi connectivity index (χ1) is 9.62. The van der Waals surface area contributed by atoms with Gasteiger partial charge in [0.25, 0.3) is 0 Å². The Bertz CT molecular complexity index is 596. The van der Waals surface area contributed by atoms with Gasteiger partial charge in [-0.25, -0.2) is 4.98 Å². The average molecular weight is 272 g/mol. The molecule has 1 aliphatic carbocycles. The van der Waals surface area contributed by atoms with E-state index < -0.39 is 0 Å². The van der Waals surface area contributed by atoms with Crippen LogP contribution < -0.4 is 5.32 Å². The van der Waals surface area contributed by atoms with Crippen molar-refractivity contribution >= 4 is 11.0 Å². The van der Waals surface area contributed by atoms with E-state index in [0.717, 1.165) is 24.4 Å². The maximum Gasteiger partial charge on any atom is 0.123 e. The van der Waals surface area contributed by atoms with Crippen molar-refractivity contribution in [2.45, 2.75) is 31.3 Å². The highest BCUT2D eigenvalue weighted by Gasteiger charge is 2.38. The third-order valence-corrected chi connectivity index (χ3v) is 4.85. The predicted octanol–water partition coefficient (Wildman–Crippen LogP) is 2.15. The number of para-hydroxylation sites is 2. The molecule has 1 aliphatic rings. The molecule has 20 heavy (non-hydrogen) atoms. The molecule has 108 valence electrons. The molecule has 0 saturated heterocycles. The number of imidazole rings is 1. The van der Waals surface area contributed by atoms with Crippen molar-refractivity contribution in [3.05, 3.63) is 30.1 Å². The van der Waals surface area contributed by atoms with Gasteiger partial charge in [-0.05, 0) is 45.5 Å². The van der Waals surface area contributed by atoms with Gasteiger partial charge in [0.1, 0.15) is 5.82 Å². The average Bonchev–Trinajstić information content (AvgIpc) is 2.70. The Morgan fingerprint density at radius 1 is 1.30 bits per heavy atom. The number of nitrogens with one attached hydrogen (secondary N) is 1. The third kappa shape index (κ3) is 2.23. The highest BCUT2D eigenvalue weighted by Crippen LogP contribution is 2.35. The summed E-state index contributed by atoms with van der Waals surface area (Å²) in [4.78, 5) is 7.08. The van der Waals surface area contributed by atoms with E-state index in [1.807, 2.05) is 6.07 Å². The number of benzene rings is 1. The van der Waals surface area contributed by atoms with Crippen LogP contribution in [0, 0.1) is 0 Å². The normalized spacial score (nSPS) is 17.6. The summed E-state index contributed by atoms with van der Waals surface area (Å²) in [5.41, 5.74) is 2.65. The molecule has 1 saturated carbocycles. The first-order valence-electron chi connectivity index (χ1n) is 7.41. The summed E-state index contributed by atoms with van der Waals surface area (Å²) in [5, 5.41) is 3.60. The zero-order valence-electron chi connectivity index (χ0n) is 12.7. The maximum atomic E-state index is 4.71. The first-order valence-corrected chi connectivity index (χ1v) is 7.41. The minimum Gasteiger partial charge on any atom is -0.330 e. The van der Waals surface area contributed by atoms with E-state index in [1.165, 1.54) is 24.8 Å². The van der Waals surface area contributed by atoms with Gasteiger partial charge in [-0.3, -0.25) is 0 Å². The predicted molar refractivity (Wildman–Crippen MR) is 82.7 cm³/mol. The van der Waals surface area contributed by atoms with E-state index in [1.54, 1.807) is 0 Å². The molecule has 0 spiro atoms. The van der Waals surface area contributed by atoms with Gasteiger partial charge in [0.15, 0.2) is 0 Å². The Kier molecular flexibility index (Phi) is 3.52.